The van der Waals surface area contributed by atoms with Crippen molar-refractivity contribution in [3.63, 3.8) is 0 Å². The van der Waals surface area contributed by atoms with Crippen LogP contribution >= 0.6 is 0 Å². The van der Waals surface area contributed by atoms with E-state index in [-0.39, 0.29) is 5.91 Å². The standard InChI is InChI=1S/C17H30N3O3/c1-23-12-14-5-3-9-19(14)10-15(21)11-20-13-4-2-7-17(20,8-6-13)16(18)22/h2,13-15,21H,3-12H2,1H3,(H2,18,22)/t13-,14+,15?,17+/m1/s1. The zero-order valence-electron chi connectivity index (χ0n) is 14.1. The van der Waals surface area contributed by atoms with Gasteiger partial charge in [0, 0.05) is 32.3 Å². The highest BCUT2D eigenvalue weighted by Gasteiger charge is 2.53. The number of carbonyl (C=O) groups is 1. The summed E-state index contributed by atoms with van der Waals surface area (Å²) in [6, 6.07) is 0.769. The summed E-state index contributed by atoms with van der Waals surface area (Å²) in [7, 11) is 1.73. The van der Waals surface area contributed by atoms with Gasteiger partial charge in [0.2, 0.25) is 5.91 Å². The van der Waals surface area contributed by atoms with Gasteiger partial charge in [-0.3, -0.25) is 14.6 Å². The maximum Gasteiger partial charge on any atom is 0.237 e. The fourth-order valence-corrected chi connectivity index (χ4v) is 4.79. The Hall–Kier alpha value is -0.690. The van der Waals surface area contributed by atoms with E-state index < -0.39 is 11.6 Å². The molecule has 0 aromatic carbocycles. The van der Waals surface area contributed by atoms with Crippen LogP contribution in [0.15, 0.2) is 0 Å². The second kappa shape index (κ2) is 7.05. The number of amides is 1. The molecule has 1 radical (unpaired) electrons. The summed E-state index contributed by atoms with van der Waals surface area (Å²) in [5, 5.41) is 10.6. The monoisotopic (exact) mass is 324 g/mol. The molecule has 0 aliphatic carbocycles. The second-order valence-corrected chi connectivity index (χ2v) is 7.37. The van der Waals surface area contributed by atoms with E-state index in [9.17, 15) is 9.90 Å². The van der Waals surface area contributed by atoms with Crippen LogP contribution in [0.5, 0.6) is 0 Å². The van der Waals surface area contributed by atoms with Gasteiger partial charge in [-0.05, 0) is 51.5 Å². The van der Waals surface area contributed by atoms with Gasteiger partial charge in [-0.2, -0.15) is 0 Å². The number of aliphatic hydroxyl groups excluding tert-OH is 1. The summed E-state index contributed by atoms with van der Waals surface area (Å²) >= 11 is 0. The van der Waals surface area contributed by atoms with Gasteiger partial charge in [0.25, 0.3) is 0 Å². The number of primary amides is 1. The maximum absolute atomic E-state index is 12.1. The molecular weight excluding hydrogens is 294 g/mol. The number of likely N-dealkylation sites (tertiary alicyclic amines) is 1. The Morgan fingerprint density at radius 2 is 2.30 bits per heavy atom. The molecule has 0 saturated carbocycles. The smallest absolute Gasteiger partial charge is 0.237 e. The SMILES string of the molecule is COC[C@@H]1CCCN1CC(O)CN1[C@@H]2C[CH]C[C@@]1(C(N)=O)CC2. The Balaban J connectivity index is 1.61. The minimum absolute atomic E-state index is 0.235. The van der Waals surface area contributed by atoms with Crippen LogP contribution in [0.25, 0.3) is 0 Å². The van der Waals surface area contributed by atoms with Gasteiger partial charge in [0.15, 0.2) is 0 Å². The van der Waals surface area contributed by atoms with Crippen molar-refractivity contribution in [2.24, 2.45) is 5.73 Å². The fourth-order valence-electron chi connectivity index (χ4n) is 4.79. The molecule has 0 spiro atoms. The number of ether oxygens (including phenoxy) is 1. The van der Waals surface area contributed by atoms with E-state index in [1.54, 1.807) is 7.11 Å². The lowest BCUT2D eigenvalue weighted by Gasteiger charge is -2.43. The molecule has 23 heavy (non-hydrogen) atoms. The van der Waals surface area contributed by atoms with Crippen LogP contribution in [-0.4, -0.2) is 77.9 Å². The van der Waals surface area contributed by atoms with Crippen molar-refractivity contribution < 1.29 is 14.6 Å². The van der Waals surface area contributed by atoms with Gasteiger partial charge in [-0.25, -0.2) is 0 Å². The number of carbonyl (C=O) groups excluding carboxylic acids is 1. The molecule has 3 rings (SSSR count). The van der Waals surface area contributed by atoms with Gasteiger partial charge in [0.1, 0.15) is 5.54 Å². The molecule has 6 heteroatoms. The lowest BCUT2D eigenvalue weighted by atomic mass is 9.87. The Morgan fingerprint density at radius 3 is 3.04 bits per heavy atom. The van der Waals surface area contributed by atoms with Crippen LogP contribution in [-0.2, 0) is 9.53 Å². The molecule has 3 N–H and O–H groups in total. The lowest BCUT2D eigenvalue weighted by molar-refractivity contribution is -0.131. The van der Waals surface area contributed by atoms with E-state index in [4.69, 9.17) is 10.5 Å². The third-order valence-corrected chi connectivity index (χ3v) is 5.97. The molecule has 3 saturated heterocycles. The van der Waals surface area contributed by atoms with Gasteiger partial charge >= 0.3 is 0 Å². The molecule has 3 heterocycles. The molecule has 0 aromatic rings. The zero-order valence-corrected chi connectivity index (χ0v) is 14.1. The first kappa shape index (κ1) is 17.1. The van der Waals surface area contributed by atoms with Gasteiger partial charge in [0.05, 0.1) is 12.7 Å². The normalized spacial score (nSPS) is 36.4. The molecule has 1 unspecified atom stereocenters. The highest BCUT2D eigenvalue weighted by atomic mass is 16.5. The van der Waals surface area contributed by atoms with Crippen molar-refractivity contribution >= 4 is 5.91 Å². The summed E-state index contributed by atoms with van der Waals surface area (Å²) < 4.78 is 5.28. The van der Waals surface area contributed by atoms with Gasteiger partial charge in [-0.1, -0.05) is 0 Å². The first-order chi connectivity index (χ1) is 11.1. The minimum Gasteiger partial charge on any atom is -0.390 e. The van der Waals surface area contributed by atoms with Crippen LogP contribution in [0.2, 0.25) is 0 Å². The molecule has 1 amide bonds. The van der Waals surface area contributed by atoms with E-state index in [2.05, 4.69) is 16.2 Å². The number of methoxy groups -OCH3 is 1. The Bertz CT molecular complexity index is 429. The average Bonchev–Trinajstić information content (AvgIpc) is 3.00. The third kappa shape index (κ3) is 3.27. The third-order valence-electron chi connectivity index (χ3n) is 5.97. The number of fused-ring (bicyclic) bond motifs is 2. The number of piperidine rings is 1. The summed E-state index contributed by atoms with van der Waals surface area (Å²) in [5.74, 6) is -0.235. The van der Waals surface area contributed by atoms with Gasteiger partial charge < -0.3 is 15.6 Å². The fraction of sp³-hybridized carbons (Fsp3) is 0.882. The van der Waals surface area contributed by atoms with Crippen molar-refractivity contribution in [3.05, 3.63) is 6.42 Å². The Labute approximate surface area is 138 Å². The molecule has 3 aliphatic rings. The lowest BCUT2D eigenvalue weighted by Crippen LogP contribution is -2.60. The summed E-state index contributed by atoms with van der Waals surface area (Å²) in [4.78, 5) is 16.6. The van der Waals surface area contributed by atoms with Gasteiger partial charge in [-0.15, -0.1) is 0 Å². The predicted octanol–water partition coefficient (Wildman–Crippen LogP) is 0.145. The molecule has 3 fully saturated rings. The number of aliphatic hydroxyl groups is 1. The summed E-state index contributed by atoms with van der Waals surface area (Å²) in [6.07, 6.45) is 7.58. The minimum atomic E-state index is -0.555. The molecular formula is C17H30N3O3. The quantitative estimate of drug-likeness (QED) is 0.697. The van der Waals surface area contributed by atoms with E-state index in [0.29, 0.717) is 25.2 Å². The average molecular weight is 324 g/mol. The number of hydrogen-bond donors (Lipinski definition) is 2. The van der Waals surface area contributed by atoms with Crippen LogP contribution in [0.4, 0.5) is 0 Å². The topological polar surface area (TPSA) is 79.0 Å². The van der Waals surface area contributed by atoms with Crippen LogP contribution < -0.4 is 5.73 Å². The van der Waals surface area contributed by atoms with Crippen LogP contribution in [0.3, 0.4) is 0 Å². The largest absolute Gasteiger partial charge is 0.390 e. The highest BCUT2D eigenvalue weighted by molar-refractivity contribution is 5.85. The molecule has 6 nitrogen and oxygen atoms in total. The van der Waals surface area contributed by atoms with Crippen molar-refractivity contribution in [3.8, 4) is 0 Å². The Kier molecular flexibility index (Phi) is 5.26. The van der Waals surface area contributed by atoms with Crippen molar-refractivity contribution in [2.75, 3.05) is 33.4 Å². The molecule has 2 bridgehead atoms. The Morgan fingerprint density at radius 1 is 1.48 bits per heavy atom. The summed E-state index contributed by atoms with van der Waals surface area (Å²) in [6.45, 7) is 2.93. The molecule has 0 aromatic heterocycles. The predicted molar refractivity (Wildman–Crippen MR) is 87.7 cm³/mol. The number of nitrogens with zero attached hydrogens (tertiary/aromatic N) is 2. The van der Waals surface area contributed by atoms with Crippen LogP contribution in [0, 0.1) is 6.42 Å². The first-order valence-electron chi connectivity index (χ1n) is 8.86. The molecule has 4 atom stereocenters. The second-order valence-electron chi connectivity index (χ2n) is 7.37. The number of β-amino-alcohol motifs (C(OH)–C–C–N with tert-alkyl or cyclic N) is 1. The van der Waals surface area contributed by atoms with Crippen molar-refractivity contribution in [1.82, 2.24) is 9.80 Å². The first-order valence-corrected chi connectivity index (χ1v) is 8.86. The van der Waals surface area contributed by atoms with Crippen LogP contribution in [0.1, 0.15) is 38.5 Å². The van der Waals surface area contributed by atoms with Crippen molar-refractivity contribution in [2.45, 2.75) is 62.3 Å². The highest BCUT2D eigenvalue weighted by Crippen LogP contribution is 2.43. The summed E-state index contributed by atoms with van der Waals surface area (Å²) in [5.41, 5.74) is 5.17. The molecule has 3 aliphatic heterocycles. The molecule has 131 valence electrons. The zero-order chi connectivity index (χ0) is 16.4. The van der Waals surface area contributed by atoms with E-state index in [1.165, 1.54) is 0 Å². The maximum atomic E-state index is 12.1. The van der Waals surface area contributed by atoms with E-state index in [1.807, 2.05) is 0 Å². The number of hydrogen-bond acceptors (Lipinski definition) is 5. The van der Waals surface area contributed by atoms with E-state index >= 15 is 0 Å². The number of nitrogens with two attached hydrogens (primary N) is 1. The number of rotatable bonds is 7. The van der Waals surface area contributed by atoms with E-state index in [0.717, 1.165) is 51.7 Å². The van der Waals surface area contributed by atoms with Crippen molar-refractivity contribution in [1.29, 1.82) is 0 Å².